The van der Waals surface area contributed by atoms with Crippen molar-refractivity contribution in [1.82, 2.24) is 4.90 Å². The van der Waals surface area contributed by atoms with Gasteiger partial charge in [-0.1, -0.05) is 43.3 Å². The van der Waals surface area contributed by atoms with Crippen molar-refractivity contribution < 1.29 is 4.74 Å². The van der Waals surface area contributed by atoms with Crippen LogP contribution in [0.4, 0.5) is 0 Å². The fourth-order valence-corrected chi connectivity index (χ4v) is 5.08. The zero-order chi connectivity index (χ0) is 16.7. The molecule has 2 nitrogen and oxygen atoms in total. The molecular formula is C22H27NO. The maximum atomic E-state index is 5.51. The van der Waals surface area contributed by atoms with Crippen molar-refractivity contribution >= 4 is 0 Å². The highest BCUT2D eigenvalue weighted by Crippen LogP contribution is 2.65. The van der Waals surface area contributed by atoms with Crippen molar-refractivity contribution in [2.45, 2.75) is 32.2 Å². The van der Waals surface area contributed by atoms with E-state index in [-0.39, 0.29) is 0 Å². The maximum absolute atomic E-state index is 5.51. The highest BCUT2D eigenvalue weighted by molar-refractivity contribution is 5.45. The predicted octanol–water partition coefficient (Wildman–Crippen LogP) is 4.41. The minimum Gasteiger partial charge on any atom is -0.497 e. The molecule has 0 spiro atoms. The molecule has 2 fully saturated rings. The predicted molar refractivity (Wildman–Crippen MR) is 98.4 cm³/mol. The van der Waals surface area contributed by atoms with E-state index in [1.165, 1.54) is 36.2 Å². The van der Waals surface area contributed by atoms with Crippen LogP contribution in [0.25, 0.3) is 0 Å². The highest BCUT2D eigenvalue weighted by Gasteiger charge is 2.67. The topological polar surface area (TPSA) is 12.5 Å². The first-order chi connectivity index (χ1) is 11.7. The van der Waals surface area contributed by atoms with Crippen LogP contribution in [0.15, 0.2) is 48.5 Å². The average molecular weight is 321 g/mol. The van der Waals surface area contributed by atoms with E-state index in [1.807, 2.05) is 0 Å². The van der Waals surface area contributed by atoms with Gasteiger partial charge in [-0.2, -0.15) is 0 Å². The third-order valence-electron chi connectivity index (χ3n) is 6.27. The first kappa shape index (κ1) is 15.7. The van der Waals surface area contributed by atoms with E-state index in [0.717, 1.165) is 24.1 Å². The second-order valence-corrected chi connectivity index (χ2v) is 7.53. The number of rotatable bonds is 5. The molecule has 1 saturated carbocycles. The number of hydrogen-bond donors (Lipinski definition) is 0. The van der Waals surface area contributed by atoms with Crippen LogP contribution in [0.3, 0.4) is 0 Å². The van der Waals surface area contributed by atoms with Crippen LogP contribution in [0.2, 0.25) is 0 Å². The van der Waals surface area contributed by atoms with E-state index in [4.69, 9.17) is 4.74 Å². The van der Waals surface area contributed by atoms with Crippen LogP contribution in [0, 0.1) is 18.8 Å². The number of piperidine rings is 1. The molecule has 2 aromatic carbocycles. The zero-order valence-electron chi connectivity index (χ0n) is 15.0. The molecule has 0 aromatic heterocycles. The van der Waals surface area contributed by atoms with Gasteiger partial charge in [0.15, 0.2) is 0 Å². The zero-order valence-corrected chi connectivity index (χ0v) is 15.0. The van der Waals surface area contributed by atoms with Crippen LogP contribution >= 0.6 is 0 Å². The molecule has 2 aliphatic rings. The summed E-state index contributed by atoms with van der Waals surface area (Å²) in [5.41, 5.74) is 4.62. The lowest BCUT2D eigenvalue weighted by Crippen LogP contribution is -2.29. The van der Waals surface area contributed by atoms with Crippen molar-refractivity contribution in [2.24, 2.45) is 11.8 Å². The molecule has 0 N–H and O–H groups in total. The molecule has 0 bridgehead atoms. The Hall–Kier alpha value is -1.80. The van der Waals surface area contributed by atoms with Gasteiger partial charge < -0.3 is 4.74 Å². The van der Waals surface area contributed by atoms with Gasteiger partial charge in [-0.05, 0) is 54.0 Å². The fraction of sp³-hybridized carbons (Fsp3) is 0.455. The molecule has 0 amide bonds. The van der Waals surface area contributed by atoms with Gasteiger partial charge in [0.2, 0.25) is 0 Å². The molecule has 126 valence electrons. The van der Waals surface area contributed by atoms with E-state index >= 15 is 0 Å². The first-order valence-corrected chi connectivity index (χ1v) is 9.10. The van der Waals surface area contributed by atoms with Gasteiger partial charge in [0, 0.05) is 25.0 Å². The summed E-state index contributed by atoms with van der Waals surface area (Å²) in [6, 6.07) is 17.6. The summed E-state index contributed by atoms with van der Waals surface area (Å²) < 4.78 is 5.51. The Balaban J connectivity index is 1.51. The SMILES string of the molecule is CCC1(c2cc(C)cc(OC)c2)[C@@H]2CN(Cc3ccccc3)C[C@@H]21. The highest BCUT2D eigenvalue weighted by atomic mass is 16.5. The monoisotopic (exact) mass is 321 g/mol. The van der Waals surface area contributed by atoms with Gasteiger partial charge in [-0.15, -0.1) is 0 Å². The Bertz CT molecular complexity index is 712. The molecule has 0 radical (unpaired) electrons. The van der Waals surface area contributed by atoms with Gasteiger partial charge in [0.25, 0.3) is 0 Å². The summed E-state index contributed by atoms with van der Waals surface area (Å²) in [4.78, 5) is 2.63. The maximum Gasteiger partial charge on any atom is 0.119 e. The second-order valence-electron chi connectivity index (χ2n) is 7.53. The normalized spacial score (nSPS) is 28.6. The van der Waals surface area contributed by atoms with Crippen LogP contribution in [0.1, 0.15) is 30.0 Å². The third-order valence-corrected chi connectivity index (χ3v) is 6.27. The smallest absolute Gasteiger partial charge is 0.119 e. The van der Waals surface area contributed by atoms with Crippen molar-refractivity contribution in [1.29, 1.82) is 0 Å². The molecule has 3 atom stereocenters. The van der Waals surface area contributed by atoms with E-state index in [1.54, 1.807) is 7.11 Å². The van der Waals surface area contributed by atoms with Gasteiger partial charge in [0.05, 0.1) is 7.11 Å². The Morgan fingerprint density at radius 3 is 2.42 bits per heavy atom. The molecule has 2 aromatic rings. The minimum atomic E-state index is 0.381. The lowest BCUT2D eigenvalue weighted by atomic mass is 9.86. The summed E-state index contributed by atoms with van der Waals surface area (Å²) in [5.74, 6) is 2.61. The van der Waals surface area contributed by atoms with Crippen LogP contribution in [-0.2, 0) is 12.0 Å². The average Bonchev–Trinajstić information content (AvgIpc) is 2.99. The standard InChI is InChI=1S/C22H27NO/c1-4-22(18-10-16(2)11-19(12-18)24-3)20-14-23(15-21(20)22)13-17-8-6-5-7-9-17/h5-12,20-21H,4,13-15H2,1-3H3/t20-,21+,22?. The number of benzene rings is 2. The van der Waals surface area contributed by atoms with E-state index < -0.39 is 0 Å². The lowest BCUT2D eigenvalue weighted by Gasteiger charge is -2.27. The Morgan fingerprint density at radius 2 is 1.79 bits per heavy atom. The van der Waals surface area contributed by atoms with E-state index in [0.29, 0.717) is 5.41 Å². The number of likely N-dealkylation sites (tertiary alicyclic amines) is 1. The summed E-state index contributed by atoms with van der Waals surface area (Å²) in [7, 11) is 1.77. The van der Waals surface area contributed by atoms with E-state index in [2.05, 4.69) is 67.3 Å². The molecule has 1 heterocycles. The number of nitrogens with zero attached hydrogens (tertiary/aromatic N) is 1. The van der Waals surface area contributed by atoms with Crippen molar-refractivity contribution in [3.63, 3.8) is 0 Å². The number of hydrogen-bond acceptors (Lipinski definition) is 2. The van der Waals surface area contributed by atoms with Crippen molar-refractivity contribution in [2.75, 3.05) is 20.2 Å². The fourth-order valence-electron chi connectivity index (χ4n) is 5.08. The van der Waals surface area contributed by atoms with Gasteiger partial charge in [-0.25, -0.2) is 0 Å². The number of aryl methyl sites for hydroxylation is 1. The molecule has 1 unspecified atom stereocenters. The Kier molecular flexibility index (Phi) is 3.88. The number of fused-ring (bicyclic) bond motifs is 1. The van der Waals surface area contributed by atoms with E-state index in [9.17, 15) is 0 Å². The molecule has 24 heavy (non-hydrogen) atoms. The molecule has 1 saturated heterocycles. The number of methoxy groups -OCH3 is 1. The summed E-state index contributed by atoms with van der Waals surface area (Å²) >= 11 is 0. The van der Waals surface area contributed by atoms with Gasteiger partial charge >= 0.3 is 0 Å². The van der Waals surface area contributed by atoms with Gasteiger partial charge in [-0.3, -0.25) is 4.90 Å². The molecule has 2 heteroatoms. The Labute approximate surface area is 145 Å². The second kappa shape index (κ2) is 5.93. The summed E-state index contributed by atoms with van der Waals surface area (Å²) in [6.07, 6.45) is 1.23. The van der Waals surface area contributed by atoms with Crippen LogP contribution in [0.5, 0.6) is 5.75 Å². The van der Waals surface area contributed by atoms with Crippen LogP contribution < -0.4 is 4.74 Å². The minimum absolute atomic E-state index is 0.381. The third kappa shape index (κ3) is 2.44. The molecule has 1 aliphatic carbocycles. The van der Waals surface area contributed by atoms with Gasteiger partial charge in [0.1, 0.15) is 5.75 Å². The number of ether oxygens (including phenoxy) is 1. The molecule has 1 aliphatic heterocycles. The summed E-state index contributed by atoms with van der Waals surface area (Å²) in [5, 5.41) is 0. The molecule has 4 rings (SSSR count). The van der Waals surface area contributed by atoms with Crippen molar-refractivity contribution in [3.8, 4) is 5.75 Å². The molecular weight excluding hydrogens is 294 g/mol. The first-order valence-electron chi connectivity index (χ1n) is 9.10. The summed E-state index contributed by atoms with van der Waals surface area (Å²) in [6.45, 7) is 8.07. The quantitative estimate of drug-likeness (QED) is 0.808. The lowest BCUT2D eigenvalue weighted by molar-refractivity contribution is 0.262. The largest absolute Gasteiger partial charge is 0.497 e. The van der Waals surface area contributed by atoms with Crippen LogP contribution in [-0.4, -0.2) is 25.1 Å². The van der Waals surface area contributed by atoms with Crippen molar-refractivity contribution in [3.05, 3.63) is 65.2 Å². The Morgan fingerprint density at radius 1 is 1.08 bits per heavy atom.